The third kappa shape index (κ3) is 5.33. The molecule has 0 spiro atoms. The zero-order valence-corrected chi connectivity index (χ0v) is 18.8. The fourth-order valence-corrected chi connectivity index (χ4v) is 9.88. The third-order valence-electron chi connectivity index (χ3n) is 4.12. The highest BCUT2D eigenvalue weighted by molar-refractivity contribution is 6.92. The summed E-state index contributed by atoms with van der Waals surface area (Å²) in [7, 11) is 3.46. The number of benzene rings is 1. The van der Waals surface area contributed by atoms with Gasteiger partial charge in [0.1, 0.15) is 0 Å². The summed E-state index contributed by atoms with van der Waals surface area (Å²) < 4.78 is 22.6. The molecule has 0 radical (unpaired) electrons. The van der Waals surface area contributed by atoms with Gasteiger partial charge in [0.05, 0.1) is 0 Å². The molecular formula is C18H34N2O3Si2. The first-order chi connectivity index (χ1) is 11.9. The average molecular weight is 383 g/mol. The van der Waals surface area contributed by atoms with Crippen molar-refractivity contribution in [2.24, 2.45) is 0 Å². The van der Waals surface area contributed by atoms with Gasteiger partial charge in [0.25, 0.3) is 8.40 Å². The highest BCUT2D eigenvalue weighted by Crippen LogP contribution is 2.18. The fraction of sp³-hybridized carbons (Fsp3) is 0.556. The van der Waals surface area contributed by atoms with E-state index < -0.39 is 17.2 Å². The minimum absolute atomic E-state index is 0.570. The predicted molar refractivity (Wildman–Crippen MR) is 109 cm³/mol. The zero-order valence-electron chi connectivity index (χ0n) is 16.8. The van der Waals surface area contributed by atoms with Crippen molar-refractivity contribution in [3.8, 4) is 0 Å². The Balaban J connectivity index is 3.42. The summed E-state index contributed by atoms with van der Waals surface area (Å²) in [5.41, 5.74) is 4.37. The number of hydrogen-bond acceptors (Lipinski definition) is 5. The van der Waals surface area contributed by atoms with E-state index in [0.29, 0.717) is 19.8 Å². The molecule has 0 fully saturated rings. The van der Waals surface area contributed by atoms with Crippen LogP contribution in [0, 0.1) is 0 Å². The smallest absolute Gasteiger partial charge is 0.371 e. The van der Waals surface area contributed by atoms with Gasteiger partial charge in [-0.15, -0.1) is 0 Å². The molecule has 0 N–H and O–H groups in total. The van der Waals surface area contributed by atoms with Crippen LogP contribution in [-0.2, 0) is 13.3 Å². The van der Waals surface area contributed by atoms with Crippen LogP contribution in [0.15, 0.2) is 41.7 Å². The highest BCUT2D eigenvalue weighted by atomic mass is 28.4. The largest absolute Gasteiger partial charge is 0.528 e. The maximum Gasteiger partial charge on any atom is 0.528 e. The molecule has 0 saturated heterocycles. The summed E-state index contributed by atoms with van der Waals surface area (Å²) in [6, 6.07) is 10.6. The Bertz CT molecular complexity index is 499. The Labute approximate surface area is 155 Å². The lowest BCUT2D eigenvalue weighted by atomic mass is 10.4. The van der Waals surface area contributed by atoms with Crippen LogP contribution < -0.4 is 5.19 Å². The molecule has 0 bridgehead atoms. The second-order valence-electron chi connectivity index (χ2n) is 6.12. The van der Waals surface area contributed by atoms with Gasteiger partial charge >= 0.3 is 8.80 Å². The highest BCUT2D eigenvalue weighted by Gasteiger charge is 2.43. The van der Waals surface area contributed by atoms with E-state index in [0.717, 1.165) is 0 Å². The van der Waals surface area contributed by atoms with E-state index in [1.807, 2.05) is 20.8 Å². The van der Waals surface area contributed by atoms with Gasteiger partial charge in [0.2, 0.25) is 0 Å². The lowest BCUT2D eigenvalue weighted by molar-refractivity contribution is 0.0843. The van der Waals surface area contributed by atoms with Crippen LogP contribution in [0.5, 0.6) is 0 Å². The van der Waals surface area contributed by atoms with Gasteiger partial charge in [-0.05, 0) is 59.8 Å². The molecule has 0 atom stereocenters. The van der Waals surface area contributed by atoms with Crippen molar-refractivity contribution < 1.29 is 13.3 Å². The molecule has 0 aromatic heterocycles. The van der Waals surface area contributed by atoms with Crippen molar-refractivity contribution in [1.82, 2.24) is 9.13 Å². The van der Waals surface area contributed by atoms with Crippen molar-refractivity contribution in [3.63, 3.8) is 0 Å². The standard InChI is InChI=1S/C18H34N2O3Si2/c1-8-21-25(22-9-2,23-10-3)17-16-24(19(4)5,20(6)7)18-14-12-11-13-15-18/h11-17H,8-10H2,1-7H3. The lowest BCUT2D eigenvalue weighted by Gasteiger charge is -2.41. The monoisotopic (exact) mass is 382 g/mol. The molecule has 0 aliphatic heterocycles. The van der Waals surface area contributed by atoms with E-state index >= 15 is 0 Å². The Hall–Kier alpha value is -0.806. The molecule has 25 heavy (non-hydrogen) atoms. The van der Waals surface area contributed by atoms with Crippen molar-refractivity contribution in [2.45, 2.75) is 20.8 Å². The van der Waals surface area contributed by atoms with Gasteiger partial charge in [-0.1, -0.05) is 36.0 Å². The van der Waals surface area contributed by atoms with Crippen LogP contribution in [0.3, 0.4) is 0 Å². The van der Waals surface area contributed by atoms with Gasteiger partial charge in [-0.25, -0.2) is 0 Å². The van der Waals surface area contributed by atoms with Gasteiger partial charge < -0.3 is 22.4 Å². The summed E-state index contributed by atoms with van der Waals surface area (Å²) in [5.74, 6) is 0. The molecule has 0 aliphatic rings. The summed E-state index contributed by atoms with van der Waals surface area (Å²) in [6.45, 7) is 7.65. The van der Waals surface area contributed by atoms with E-state index in [-0.39, 0.29) is 0 Å². The molecular weight excluding hydrogens is 348 g/mol. The average Bonchev–Trinajstić information content (AvgIpc) is 2.56. The van der Waals surface area contributed by atoms with Crippen LogP contribution in [0.2, 0.25) is 0 Å². The molecule has 0 saturated carbocycles. The van der Waals surface area contributed by atoms with E-state index in [1.54, 1.807) is 0 Å². The topological polar surface area (TPSA) is 34.2 Å². The summed E-state index contributed by atoms with van der Waals surface area (Å²) in [5, 5.41) is 1.31. The van der Waals surface area contributed by atoms with Crippen LogP contribution >= 0.6 is 0 Å². The number of rotatable bonds is 11. The van der Waals surface area contributed by atoms with Gasteiger partial charge in [-0.2, -0.15) is 0 Å². The maximum atomic E-state index is 5.99. The minimum atomic E-state index is -2.83. The molecule has 1 aromatic carbocycles. The molecule has 7 heteroatoms. The van der Waals surface area contributed by atoms with Crippen molar-refractivity contribution in [3.05, 3.63) is 41.7 Å². The first-order valence-corrected chi connectivity index (χ1v) is 12.7. The molecule has 142 valence electrons. The minimum Gasteiger partial charge on any atom is -0.371 e. The molecule has 1 rings (SSSR count). The van der Waals surface area contributed by atoms with Crippen molar-refractivity contribution in [1.29, 1.82) is 0 Å². The second kappa shape index (κ2) is 10.4. The summed E-state index contributed by atoms with van der Waals surface area (Å²) in [6.07, 6.45) is 0. The maximum absolute atomic E-state index is 5.99. The molecule has 1 aromatic rings. The SMILES string of the molecule is CCO[Si](C=C[Si](c1ccccc1)(N(C)C)N(C)C)(OCC)OCC. The van der Waals surface area contributed by atoms with E-state index in [4.69, 9.17) is 13.3 Å². The van der Waals surface area contributed by atoms with Crippen LogP contribution in [-0.4, -0.2) is 74.3 Å². The molecule has 0 aliphatic carbocycles. The normalized spacial score (nSPS) is 13.3. The van der Waals surface area contributed by atoms with Crippen LogP contribution in [0.25, 0.3) is 0 Å². The molecule has 0 amide bonds. The fourth-order valence-electron chi connectivity index (χ4n) is 3.09. The Morgan fingerprint density at radius 2 is 1.20 bits per heavy atom. The van der Waals surface area contributed by atoms with Crippen molar-refractivity contribution in [2.75, 3.05) is 48.0 Å². The van der Waals surface area contributed by atoms with Gasteiger partial charge in [0.15, 0.2) is 0 Å². The van der Waals surface area contributed by atoms with E-state index in [1.165, 1.54) is 5.19 Å². The number of hydrogen-bond donors (Lipinski definition) is 0. The van der Waals surface area contributed by atoms with Gasteiger partial charge in [0, 0.05) is 19.8 Å². The van der Waals surface area contributed by atoms with Crippen LogP contribution in [0.4, 0.5) is 0 Å². The first-order valence-electron chi connectivity index (χ1n) is 8.91. The zero-order chi connectivity index (χ0) is 18.9. The predicted octanol–water partition coefficient (Wildman–Crippen LogP) is 2.14. The summed E-state index contributed by atoms with van der Waals surface area (Å²) in [4.78, 5) is 0. The Morgan fingerprint density at radius 3 is 1.56 bits per heavy atom. The molecule has 0 heterocycles. The summed E-state index contributed by atoms with van der Waals surface area (Å²) >= 11 is 0. The Morgan fingerprint density at radius 1 is 0.760 bits per heavy atom. The molecule has 5 nitrogen and oxygen atoms in total. The lowest BCUT2D eigenvalue weighted by Crippen LogP contribution is -2.68. The van der Waals surface area contributed by atoms with Gasteiger partial charge in [-0.3, -0.25) is 0 Å². The Kier molecular flexibility index (Phi) is 9.22. The third-order valence-corrected chi connectivity index (χ3v) is 11.6. The molecule has 0 unspecified atom stereocenters. The second-order valence-corrected chi connectivity index (χ2v) is 12.7. The first kappa shape index (κ1) is 22.2. The van der Waals surface area contributed by atoms with Crippen molar-refractivity contribution >= 4 is 22.4 Å². The van der Waals surface area contributed by atoms with E-state index in [9.17, 15) is 0 Å². The quantitative estimate of drug-likeness (QED) is 0.548. The van der Waals surface area contributed by atoms with E-state index in [2.05, 4.69) is 79.1 Å². The number of nitrogens with zero attached hydrogens (tertiary/aromatic N) is 2. The van der Waals surface area contributed by atoms with Crippen LogP contribution in [0.1, 0.15) is 20.8 Å².